The number of hydrogen-bond donors (Lipinski definition) is 1. The molecule has 0 fully saturated rings. The Morgan fingerprint density at radius 2 is 1.76 bits per heavy atom. The summed E-state index contributed by atoms with van der Waals surface area (Å²) in [4.78, 5) is 20.6. The molecule has 0 unspecified atom stereocenters. The average Bonchev–Trinajstić information content (AvgIpc) is 2.91. The van der Waals surface area contributed by atoms with Crippen LogP contribution in [-0.4, -0.2) is 41.8 Å². The molecule has 1 N–H and O–H groups in total. The predicted octanol–water partition coefficient (Wildman–Crippen LogP) is 4.73. The Bertz CT molecular complexity index is 1570. The summed E-state index contributed by atoms with van der Waals surface area (Å²) in [6, 6.07) is 16.7. The van der Waals surface area contributed by atoms with Gasteiger partial charge in [0.25, 0.3) is 5.56 Å². The number of aromatic nitrogens is 3. The Morgan fingerprint density at radius 1 is 1.05 bits per heavy atom. The highest BCUT2D eigenvalue weighted by molar-refractivity contribution is 7.91. The fraction of sp³-hybridized carbons (Fsp3) is 0.276. The van der Waals surface area contributed by atoms with E-state index in [2.05, 4.69) is 9.97 Å². The van der Waals surface area contributed by atoms with E-state index in [0.29, 0.717) is 18.7 Å². The van der Waals surface area contributed by atoms with Crippen molar-refractivity contribution in [3.8, 4) is 17.0 Å². The molecule has 4 aromatic rings. The molecule has 4 rings (SSSR count). The summed E-state index contributed by atoms with van der Waals surface area (Å²) in [5, 5.41) is 11.5. The van der Waals surface area contributed by atoms with Crippen LogP contribution in [0.5, 0.6) is 5.88 Å². The summed E-state index contributed by atoms with van der Waals surface area (Å²) in [6.45, 7) is 4.06. The SMILES string of the molecule is CCCCc1nc(=O)c(S(=O)(=O)c2ccc(-c3ccncc3C)cc2)c(O)n1[C@@H](COC)c1ccccc1. The lowest BCUT2D eigenvalue weighted by Gasteiger charge is -2.25. The molecule has 0 aliphatic carbocycles. The minimum atomic E-state index is -4.40. The van der Waals surface area contributed by atoms with Crippen LogP contribution < -0.4 is 5.56 Å². The Labute approximate surface area is 222 Å². The number of pyridine rings is 1. The zero-order valence-corrected chi connectivity index (χ0v) is 22.5. The van der Waals surface area contributed by atoms with Crippen LogP contribution in [0.1, 0.15) is 42.8 Å². The lowest BCUT2D eigenvalue weighted by Crippen LogP contribution is -2.29. The van der Waals surface area contributed by atoms with Gasteiger partial charge in [-0.2, -0.15) is 4.98 Å². The molecule has 38 heavy (non-hydrogen) atoms. The van der Waals surface area contributed by atoms with Gasteiger partial charge < -0.3 is 9.84 Å². The van der Waals surface area contributed by atoms with Crippen LogP contribution in [0.15, 0.2) is 87.6 Å². The highest BCUT2D eigenvalue weighted by Gasteiger charge is 2.32. The van der Waals surface area contributed by atoms with Gasteiger partial charge in [0.2, 0.25) is 15.7 Å². The van der Waals surface area contributed by atoms with Gasteiger partial charge in [0.05, 0.1) is 17.5 Å². The number of aryl methyl sites for hydroxylation is 2. The second-order valence-electron chi connectivity index (χ2n) is 9.06. The third-order valence-electron chi connectivity index (χ3n) is 6.47. The van der Waals surface area contributed by atoms with Crippen molar-refractivity contribution < 1.29 is 18.3 Å². The zero-order valence-electron chi connectivity index (χ0n) is 21.7. The van der Waals surface area contributed by atoms with Gasteiger partial charge in [0, 0.05) is 25.9 Å². The molecule has 1 atom stereocenters. The molecule has 2 aromatic heterocycles. The van der Waals surface area contributed by atoms with E-state index in [1.807, 2.05) is 50.2 Å². The van der Waals surface area contributed by atoms with E-state index in [9.17, 15) is 18.3 Å². The minimum absolute atomic E-state index is 0.113. The van der Waals surface area contributed by atoms with Gasteiger partial charge in [-0.25, -0.2) is 8.42 Å². The Hall–Kier alpha value is -3.82. The van der Waals surface area contributed by atoms with E-state index in [0.717, 1.165) is 28.7 Å². The third-order valence-corrected chi connectivity index (χ3v) is 8.26. The first kappa shape index (κ1) is 27.2. The number of nitrogens with zero attached hydrogens (tertiary/aromatic N) is 3. The van der Waals surface area contributed by atoms with Crippen molar-refractivity contribution in [3.63, 3.8) is 0 Å². The standard InChI is InChI=1S/C29H31N3O5S/c1-4-5-11-26-31-28(33)27(29(34)32(26)25(19-37-3)22-9-7-6-8-10-22)38(35,36)23-14-12-21(13-15-23)24-16-17-30-18-20(24)2/h6-10,12-18,25,34H,4-5,11,19H2,1-3H3/t25-/m0/s1. The highest BCUT2D eigenvalue weighted by Crippen LogP contribution is 2.33. The number of rotatable bonds is 10. The largest absolute Gasteiger partial charge is 0.493 e. The first-order valence-electron chi connectivity index (χ1n) is 12.4. The van der Waals surface area contributed by atoms with Gasteiger partial charge >= 0.3 is 0 Å². The molecule has 8 nitrogen and oxygen atoms in total. The van der Waals surface area contributed by atoms with Gasteiger partial charge in [-0.05, 0) is 53.8 Å². The van der Waals surface area contributed by atoms with E-state index < -0.39 is 32.2 Å². The van der Waals surface area contributed by atoms with Crippen LogP contribution in [0.3, 0.4) is 0 Å². The fourth-order valence-electron chi connectivity index (χ4n) is 4.50. The number of benzene rings is 2. The van der Waals surface area contributed by atoms with Crippen molar-refractivity contribution in [2.45, 2.75) is 48.9 Å². The predicted molar refractivity (Wildman–Crippen MR) is 145 cm³/mol. The van der Waals surface area contributed by atoms with Crippen LogP contribution in [0, 0.1) is 6.92 Å². The van der Waals surface area contributed by atoms with Crippen molar-refractivity contribution in [2.75, 3.05) is 13.7 Å². The summed E-state index contributed by atoms with van der Waals surface area (Å²) in [7, 11) is -2.87. The molecule has 198 valence electrons. The fourth-order valence-corrected chi connectivity index (χ4v) is 5.85. The lowest BCUT2D eigenvalue weighted by molar-refractivity contribution is 0.161. The monoisotopic (exact) mass is 533 g/mol. The van der Waals surface area contributed by atoms with Gasteiger partial charge in [-0.15, -0.1) is 0 Å². The van der Waals surface area contributed by atoms with E-state index in [-0.39, 0.29) is 11.5 Å². The summed E-state index contributed by atoms with van der Waals surface area (Å²) in [5.74, 6) is -0.334. The Morgan fingerprint density at radius 3 is 2.39 bits per heavy atom. The van der Waals surface area contributed by atoms with Gasteiger partial charge in [-0.1, -0.05) is 55.8 Å². The molecule has 2 heterocycles. The second-order valence-corrected chi connectivity index (χ2v) is 10.9. The molecule has 0 spiro atoms. The van der Waals surface area contributed by atoms with Crippen LogP contribution in [0.25, 0.3) is 11.1 Å². The molecule has 0 bridgehead atoms. The Balaban J connectivity index is 1.87. The van der Waals surface area contributed by atoms with E-state index in [1.165, 1.54) is 23.8 Å². The van der Waals surface area contributed by atoms with Crippen molar-refractivity contribution in [2.24, 2.45) is 0 Å². The van der Waals surface area contributed by atoms with Gasteiger partial charge in [0.15, 0.2) is 4.90 Å². The number of ether oxygens (including phenoxy) is 1. The summed E-state index contributed by atoms with van der Waals surface area (Å²) in [5.41, 5.74) is 2.47. The number of hydrogen-bond acceptors (Lipinski definition) is 7. The maximum absolute atomic E-state index is 13.7. The molecule has 0 aliphatic rings. The molecule has 0 radical (unpaired) electrons. The summed E-state index contributed by atoms with van der Waals surface area (Å²) < 4.78 is 34.3. The molecule has 0 aliphatic heterocycles. The van der Waals surface area contributed by atoms with Gasteiger partial charge in [-0.3, -0.25) is 14.3 Å². The van der Waals surface area contributed by atoms with E-state index >= 15 is 0 Å². The van der Waals surface area contributed by atoms with E-state index in [1.54, 1.807) is 24.5 Å². The zero-order chi connectivity index (χ0) is 27.3. The van der Waals surface area contributed by atoms with Crippen LogP contribution in [0.4, 0.5) is 0 Å². The smallest absolute Gasteiger partial charge is 0.296 e. The topological polar surface area (TPSA) is 111 Å². The molecule has 0 amide bonds. The number of methoxy groups -OCH3 is 1. The maximum Gasteiger partial charge on any atom is 0.296 e. The normalized spacial score (nSPS) is 12.4. The number of unbranched alkanes of at least 4 members (excludes halogenated alkanes) is 1. The van der Waals surface area contributed by atoms with Crippen molar-refractivity contribution in [1.29, 1.82) is 0 Å². The second kappa shape index (κ2) is 11.7. The van der Waals surface area contributed by atoms with Crippen molar-refractivity contribution in [3.05, 3.63) is 100 Å². The first-order chi connectivity index (χ1) is 18.3. The van der Waals surface area contributed by atoms with Crippen molar-refractivity contribution in [1.82, 2.24) is 14.5 Å². The van der Waals surface area contributed by atoms with Crippen LogP contribution in [0.2, 0.25) is 0 Å². The third kappa shape index (κ3) is 5.39. The molecule has 2 aromatic carbocycles. The number of sulfone groups is 1. The molecule has 0 saturated carbocycles. The Kier molecular flexibility index (Phi) is 8.38. The average molecular weight is 534 g/mol. The van der Waals surface area contributed by atoms with Crippen molar-refractivity contribution >= 4 is 9.84 Å². The van der Waals surface area contributed by atoms with Crippen LogP contribution >= 0.6 is 0 Å². The van der Waals surface area contributed by atoms with E-state index in [4.69, 9.17) is 4.74 Å². The molecule has 0 saturated heterocycles. The molecular weight excluding hydrogens is 502 g/mol. The maximum atomic E-state index is 13.7. The first-order valence-corrected chi connectivity index (χ1v) is 13.9. The summed E-state index contributed by atoms with van der Waals surface area (Å²) in [6.07, 6.45) is 5.34. The minimum Gasteiger partial charge on any atom is -0.493 e. The molecule has 9 heteroatoms. The lowest BCUT2D eigenvalue weighted by atomic mass is 10.0. The summed E-state index contributed by atoms with van der Waals surface area (Å²) >= 11 is 0. The van der Waals surface area contributed by atoms with Crippen LogP contribution in [-0.2, 0) is 21.0 Å². The molecular formula is C29H31N3O5S. The highest BCUT2D eigenvalue weighted by atomic mass is 32.2. The quantitative estimate of drug-likeness (QED) is 0.314. The number of aromatic hydroxyl groups is 1. The van der Waals surface area contributed by atoms with Gasteiger partial charge in [0.1, 0.15) is 5.82 Å².